The standard InChI is InChI=1S/C28H20O5/c1-15-6-10-17(11-7-15)19-14-21(30)25-27(32)24-20(29)4-3-5-22(24)33-28(25)23(19)26(31)18-12-8-16(2)9-13-18/h3-14,31-32H,1-2H3/b26-23+. The molecule has 0 aliphatic rings. The van der Waals surface area contributed by atoms with Crippen LogP contribution in [0, 0.1) is 13.8 Å². The molecule has 0 bridgehead atoms. The Hall–Kier alpha value is -4.38. The van der Waals surface area contributed by atoms with Crippen LogP contribution in [0.15, 0.2) is 86.8 Å². The smallest absolute Gasteiger partial charge is 0.194 e. The van der Waals surface area contributed by atoms with Crippen LogP contribution in [0.1, 0.15) is 16.7 Å². The van der Waals surface area contributed by atoms with E-state index in [4.69, 9.17) is 4.42 Å². The van der Waals surface area contributed by atoms with Crippen molar-refractivity contribution in [1.82, 2.24) is 0 Å². The number of aryl methyl sites for hydroxylation is 2. The number of hydrogen-bond acceptors (Lipinski definition) is 5. The van der Waals surface area contributed by atoms with E-state index < -0.39 is 16.6 Å². The van der Waals surface area contributed by atoms with Gasteiger partial charge in [-0.15, -0.1) is 0 Å². The lowest BCUT2D eigenvalue weighted by molar-refractivity contribution is 0.483. The molecule has 0 fully saturated rings. The third-order valence-electron chi connectivity index (χ3n) is 5.84. The van der Waals surface area contributed by atoms with Gasteiger partial charge in [-0.3, -0.25) is 9.59 Å². The van der Waals surface area contributed by atoms with E-state index in [1.807, 2.05) is 50.2 Å². The summed E-state index contributed by atoms with van der Waals surface area (Å²) in [6.07, 6.45) is 0. The lowest BCUT2D eigenvalue weighted by atomic mass is 9.96. The first kappa shape index (κ1) is 20.5. The summed E-state index contributed by atoms with van der Waals surface area (Å²) in [5.74, 6) is -0.549. The van der Waals surface area contributed by atoms with Crippen LogP contribution in [0.3, 0.4) is 0 Å². The molecule has 0 aliphatic heterocycles. The van der Waals surface area contributed by atoms with E-state index >= 15 is 0 Å². The minimum atomic E-state index is -0.507. The van der Waals surface area contributed by atoms with Crippen molar-refractivity contribution in [2.45, 2.75) is 13.8 Å². The Bertz CT molecular complexity index is 1710. The van der Waals surface area contributed by atoms with Crippen LogP contribution in [0.25, 0.3) is 38.8 Å². The average Bonchev–Trinajstić information content (AvgIpc) is 2.79. The largest absolute Gasteiger partial charge is 0.507 e. The van der Waals surface area contributed by atoms with E-state index in [0.29, 0.717) is 16.7 Å². The highest BCUT2D eigenvalue weighted by Gasteiger charge is 2.20. The van der Waals surface area contributed by atoms with Gasteiger partial charge in [0.25, 0.3) is 0 Å². The molecule has 0 saturated carbocycles. The molecule has 0 radical (unpaired) electrons. The third-order valence-corrected chi connectivity index (χ3v) is 5.84. The van der Waals surface area contributed by atoms with Gasteiger partial charge in [0.2, 0.25) is 0 Å². The van der Waals surface area contributed by atoms with E-state index in [1.54, 1.807) is 18.2 Å². The predicted octanol–water partition coefficient (Wildman–Crippen LogP) is 4.73. The van der Waals surface area contributed by atoms with Gasteiger partial charge in [0.15, 0.2) is 16.4 Å². The van der Waals surface area contributed by atoms with Gasteiger partial charge >= 0.3 is 0 Å². The number of fused-ring (bicyclic) bond motifs is 2. The van der Waals surface area contributed by atoms with Gasteiger partial charge in [-0.05, 0) is 37.6 Å². The van der Waals surface area contributed by atoms with Crippen molar-refractivity contribution < 1.29 is 14.6 Å². The van der Waals surface area contributed by atoms with Gasteiger partial charge in [-0.25, -0.2) is 0 Å². The second-order valence-electron chi connectivity index (χ2n) is 8.16. The average molecular weight is 436 g/mol. The maximum absolute atomic E-state index is 13.2. The highest BCUT2D eigenvalue weighted by Crippen LogP contribution is 2.30. The van der Waals surface area contributed by atoms with Gasteiger partial charge < -0.3 is 14.6 Å². The van der Waals surface area contributed by atoms with Crippen molar-refractivity contribution >= 4 is 27.7 Å². The topological polar surface area (TPSA) is 87.7 Å². The van der Waals surface area contributed by atoms with Gasteiger partial charge in [-0.2, -0.15) is 0 Å². The predicted molar refractivity (Wildman–Crippen MR) is 130 cm³/mol. The molecule has 1 heterocycles. The monoisotopic (exact) mass is 436 g/mol. The zero-order valence-corrected chi connectivity index (χ0v) is 18.0. The zero-order valence-electron chi connectivity index (χ0n) is 18.0. The normalized spacial score (nSPS) is 12.3. The van der Waals surface area contributed by atoms with Gasteiger partial charge in [0, 0.05) is 11.1 Å². The molecule has 0 saturated heterocycles. The van der Waals surface area contributed by atoms with Crippen molar-refractivity contribution in [3.05, 3.63) is 115 Å². The molecule has 0 amide bonds. The summed E-state index contributed by atoms with van der Waals surface area (Å²) in [5.41, 5.74) is 2.97. The summed E-state index contributed by atoms with van der Waals surface area (Å²) in [6, 6.07) is 20.6. The fraction of sp³-hybridized carbons (Fsp3) is 0.0714. The van der Waals surface area contributed by atoms with Crippen LogP contribution in [0.5, 0.6) is 5.75 Å². The Labute approximate surface area is 188 Å². The van der Waals surface area contributed by atoms with Crippen molar-refractivity contribution in [2.75, 3.05) is 0 Å². The molecule has 5 rings (SSSR count). The van der Waals surface area contributed by atoms with E-state index in [-0.39, 0.29) is 32.9 Å². The summed E-state index contributed by atoms with van der Waals surface area (Å²) >= 11 is 0. The highest BCUT2D eigenvalue weighted by molar-refractivity contribution is 6.00. The minimum absolute atomic E-state index is 0.0201. The SMILES string of the molecule is Cc1ccc(/C(O)=c2/c(-c3ccc(C)cc3)cc(=O)c3c(O)c4c(=O)cccc4oc23)cc1. The lowest BCUT2D eigenvalue weighted by Crippen LogP contribution is -2.19. The molecular formula is C28H20O5. The molecule has 0 atom stereocenters. The van der Waals surface area contributed by atoms with Crippen LogP contribution in [0.4, 0.5) is 0 Å². The van der Waals surface area contributed by atoms with Crippen molar-refractivity contribution in [2.24, 2.45) is 0 Å². The summed E-state index contributed by atoms with van der Waals surface area (Å²) in [7, 11) is 0. The molecule has 0 unspecified atom stereocenters. The third kappa shape index (κ3) is 3.34. The van der Waals surface area contributed by atoms with E-state index in [9.17, 15) is 19.8 Å². The van der Waals surface area contributed by atoms with Crippen molar-refractivity contribution in [1.29, 1.82) is 0 Å². The van der Waals surface area contributed by atoms with Gasteiger partial charge in [-0.1, -0.05) is 65.7 Å². The summed E-state index contributed by atoms with van der Waals surface area (Å²) in [6.45, 7) is 3.90. The molecule has 0 aliphatic carbocycles. The Balaban J connectivity index is 2.05. The number of benzene rings is 4. The first-order valence-corrected chi connectivity index (χ1v) is 10.5. The Morgan fingerprint density at radius 3 is 2.09 bits per heavy atom. The van der Waals surface area contributed by atoms with Crippen molar-refractivity contribution in [3.63, 3.8) is 0 Å². The van der Waals surface area contributed by atoms with E-state index in [1.165, 1.54) is 18.2 Å². The Morgan fingerprint density at radius 1 is 0.788 bits per heavy atom. The highest BCUT2D eigenvalue weighted by atomic mass is 16.3. The molecule has 162 valence electrons. The first-order valence-electron chi connectivity index (χ1n) is 10.5. The molecule has 0 spiro atoms. The first-order chi connectivity index (χ1) is 15.8. The molecule has 1 aromatic heterocycles. The van der Waals surface area contributed by atoms with Gasteiger partial charge in [0.1, 0.15) is 27.9 Å². The quantitative estimate of drug-likeness (QED) is 0.391. The molecule has 2 N–H and O–H groups in total. The van der Waals surface area contributed by atoms with Crippen LogP contribution >= 0.6 is 0 Å². The number of aromatic hydroxyl groups is 1. The maximum atomic E-state index is 13.2. The van der Waals surface area contributed by atoms with Crippen LogP contribution < -0.4 is 16.1 Å². The number of aliphatic hydroxyl groups is 1. The number of hydrogen-bond donors (Lipinski definition) is 2. The fourth-order valence-corrected chi connectivity index (χ4v) is 4.08. The van der Waals surface area contributed by atoms with E-state index in [0.717, 1.165) is 11.1 Å². The van der Waals surface area contributed by atoms with Crippen LogP contribution in [0.2, 0.25) is 0 Å². The summed E-state index contributed by atoms with van der Waals surface area (Å²) < 4.78 is 6.03. The lowest BCUT2D eigenvalue weighted by Gasteiger charge is -2.11. The number of aliphatic hydroxyl groups excluding tert-OH is 1. The minimum Gasteiger partial charge on any atom is -0.507 e. The summed E-state index contributed by atoms with van der Waals surface area (Å²) in [4.78, 5) is 25.5. The Kier molecular flexibility index (Phi) is 4.75. The fourth-order valence-electron chi connectivity index (χ4n) is 4.08. The molecule has 4 aromatic carbocycles. The van der Waals surface area contributed by atoms with E-state index in [2.05, 4.69) is 0 Å². The second-order valence-corrected chi connectivity index (χ2v) is 8.16. The molecular weight excluding hydrogens is 416 g/mol. The van der Waals surface area contributed by atoms with Crippen molar-refractivity contribution in [3.8, 4) is 16.9 Å². The van der Waals surface area contributed by atoms with Crippen LogP contribution in [-0.2, 0) is 0 Å². The zero-order chi connectivity index (χ0) is 23.3. The Morgan fingerprint density at radius 2 is 1.42 bits per heavy atom. The molecule has 5 nitrogen and oxygen atoms in total. The van der Waals surface area contributed by atoms with Gasteiger partial charge in [0.05, 0.1) is 5.22 Å². The summed E-state index contributed by atoms with van der Waals surface area (Å²) in [5, 5.41) is 22.4. The van der Waals surface area contributed by atoms with Crippen LogP contribution in [-0.4, -0.2) is 10.2 Å². The maximum Gasteiger partial charge on any atom is 0.194 e. The second kappa shape index (κ2) is 7.64. The molecule has 5 heteroatoms. The number of rotatable bonds is 2. The molecule has 33 heavy (non-hydrogen) atoms. The molecule has 5 aromatic rings.